The number of carbonyl (C=O) groups is 2. The van der Waals surface area contributed by atoms with Gasteiger partial charge in [-0.15, -0.1) is 0 Å². The number of nitrogens with zero attached hydrogens (tertiary/aromatic N) is 1. The third-order valence-electron chi connectivity index (χ3n) is 4.82. The Kier molecular flexibility index (Phi) is 3.32. The van der Waals surface area contributed by atoms with Gasteiger partial charge in [0.2, 0.25) is 5.91 Å². The molecule has 2 heterocycles. The van der Waals surface area contributed by atoms with Crippen LogP contribution in [0.4, 0.5) is 0 Å². The van der Waals surface area contributed by atoms with Crippen LogP contribution in [-0.2, 0) is 19.4 Å². The highest BCUT2D eigenvalue weighted by Crippen LogP contribution is 2.51. The molecule has 1 amide bonds. The van der Waals surface area contributed by atoms with E-state index in [2.05, 4.69) is 0 Å². The fourth-order valence-corrected chi connectivity index (χ4v) is 5.82. The molecule has 2 N–H and O–H groups in total. The molecule has 0 bridgehead atoms. The van der Waals surface area contributed by atoms with Gasteiger partial charge in [-0.2, -0.15) is 0 Å². The van der Waals surface area contributed by atoms with Gasteiger partial charge in [-0.1, -0.05) is 30.3 Å². The number of aliphatic hydroxyl groups excluding tert-OH is 1. The quantitative estimate of drug-likeness (QED) is 0.759. The Bertz CT molecular complexity index is 772. The molecule has 4 atom stereocenters. The molecule has 0 saturated carbocycles. The average molecular weight is 339 g/mol. The average Bonchev–Trinajstić information content (AvgIpc) is 2.62. The van der Waals surface area contributed by atoms with Crippen molar-refractivity contribution in [2.45, 2.75) is 36.1 Å². The van der Waals surface area contributed by atoms with Gasteiger partial charge in [-0.3, -0.25) is 4.79 Å². The second-order valence-corrected chi connectivity index (χ2v) is 9.03. The Hall–Kier alpha value is -1.93. The zero-order valence-electron chi connectivity index (χ0n) is 12.6. The second kappa shape index (κ2) is 4.78. The highest BCUT2D eigenvalue weighted by atomic mass is 32.2. The number of β-lactam (4-membered cyclic amide) rings is 1. The molecule has 1 aromatic rings. The van der Waals surface area contributed by atoms with E-state index >= 15 is 0 Å². The molecule has 1 unspecified atom stereocenters. The number of aliphatic hydroxyl groups is 1. The zero-order valence-corrected chi connectivity index (χ0v) is 13.4. The molecule has 2 aliphatic rings. The lowest BCUT2D eigenvalue weighted by molar-refractivity contribution is -0.169. The molecule has 8 heteroatoms. The molecule has 2 aliphatic heterocycles. The molecule has 0 aliphatic carbocycles. The van der Waals surface area contributed by atoms with Gasteiger partial charge in [0.1, 0.15) is 17.3 Å². The number of sulfone groups is 1. The van der Waals surface area contributed by atoms with E-state index in [1.807, 2.05) is 0 Å². The number of fused-ring (bicyclic) bond motifs is 1. The summed E-state index contributed by atoms with van der Waals surface area (Å²) in [7, 11) is -3.93. The fourth-order valence-electron chi connectivity index (χ4n) is 3.49. The maximum Gasteiger partial charge on any atom is 0.328 e. The molecule has 2 fully saturated rings. The SMILES string of the molecule is CC1(C)[C@H](C(=O)O)N2C(=O)[C@@H](C(O)c3ccccc3)[C@H]2S1(=O)=O. The van der Waals surface area contributed by atoms with Crippen LogP contribution in [0.2, 0.25) is 0 Å². The molecule has 0 aromatic heterocycles. The summed E-state index contributed by atoms with van der Waals surface area (Å²) in [6, 6.07) is 6.84. The van der Waals surface area contributed by atoms with Crippen molar-refractivity contribution < 1.29 is 28.2 Å². The van der Waals surface area contributed by atoms with Crippen LogP contribution in [0.25, 0.3) is 0 Å². The monoisotopic (exact) mass is 339 g/mol. The first-order valence-corrected chi connectivity index (χ1v) is 8.68. The standard InChI is InChI=1S/C15H17NO6S/c1-15(2)11(14(19)20)16-12(18)9(13(16)23(15,21)22)10(17)8-6-4-3-5-7-8/h3-7,9-11,13,17H,1-2H3,(H,19,20)/t9-,10?,11+,13-/m1/s1. The fraction of sp³-hybridized carbons (Fsp3) is 0.467. The highest BCUT2D eigenvalue weighted by molar-refractivity contribution is 7.93. The van der Waals surface area contributed by atoms with E-state index in [0.29, 0.717) is 5.56 Å². The summed E-state index contributed by atoms with van der Waals surface area (Å²) < 4.78 is 23.8. The third-order valence-corrected chi connectivity index (χ3v) is 7.67. The molecule has 7 nitrogen and oxygen atoms in total. The molecular weight excluding hydrogens is 322 g/mol. The van der Waals surface area contributed by atoms with Crippen molar-refractivity contribution in [3.8, 4) is 0 Å². The van der Waals surface area contributed by atoms with E-state index in [1.54, 1.807) is 30.3 Å². The normalized spacial score (nSPS) is 32.0. The lowest BCUT2D eigenvalue weighted by atomic mass is 9.85. The van der Waals surface area contributed by atoms with Crippen LogP contribution in [0.3, 0.4) is 0 Å². The Morgan fingerprint density at radius 1 is 1.26 bits per heavy atom. The van der Waals surface area contributed by atoms with Crippen molar-refractivity contribution in [3.63, 3.8) is 0 Å². The molecule has 1 aromatic carbocycles. The van der Waals surface area contributed by atoms with Crippen molar-refractivity contribution >= 4 is 21.7 Å². The number of hydrogen-bond donors (Lipinski definition) is 2. The Balaban J connectivity index is 2.04. The first-order valence-electron chi connectivity index (χ1n) is 7.14. The summed E-state index contributed by atoms with van der Waals surface area (Å²) in [6.45, 7) is 2.61. The van der Waals surface area contributed by atoms with Gasteiger partial charge in [0.15, 0.2) is 9.84 Å². The number of hydrogen-bond acceptors (Lipinski definition) is 5. The summed E-state index contributed by atoms with van der Waals surface area (Å²) in [5.41, 5.74) is 0.428. The van der Waals surface area contributed by atoms with Crippen molar-refractivity contribution in [1.82, 2.24) is 4.90 Å². The molecule has 23 heavy (non-hydrogen) atoms. The van der Waals surface area contributed by atoms with Gasteiger partial charge in [-0.25, -0.2) is 13.2 Å². The zero-order chi connectivity index (χ0) is 17.2. The maximum atomic E-state index is 12.7. The van der Waals surface area contributed by atoms with Gasteiger partial charge < -0.3 is 15.1 Å². The second-order valence-electron chi connectivity index (χ2n) is 6.41. The van der Waals surface area contributed by atoms with Gasteiger partial charge >= 0.3 is 5.97 Å². The topological polar surface area (TPSA) is 112 Å². The van der Waals surface area contributed by atoms with Crippen LogP contribution in [0.1, 0.15) is 25.5 Å². The number of rotatable bonds is 3. The number of amides is 1. The van der Waals surface area contributed by atoms with E-state index in [1.165, 1.54) is 13.8 Å². The third kappa shape index (κ3) is 1.88. The molecule has 3 rings (SSSR count). The maximum absolute atomic E-state index is 12.7. The molecular formula is C15H17NO6S. The minimum absolute atomic E-state index is 0.428. The van der Waals surface area contributed by atoms with Gasteiger partial charge in [0.05, 0.1) is 10.9 Å². The Morgan fingerprint density at radius 2 is 1.83 bits per heavy atom. The van der Waals surface area contributed by atoms with Crippen LogP contribution in [0, 0.1) is 5.92 Å². The first kappa shape index (κ1) is 15.9. The summed E-state index contributed by atoms with van der Waals surface area (Å²) >= 11 is 0. The van der Waals surface area contributed by atoms with Gasteiger partial charge in [0.25, 0.3) is 0 Å². The number of carboxylic acids is 1. The molecule has 0 spiro atoms. The number of carboxylic acid groups (broad SMARTS) is 1. The van der Waals surface area contributed by atoms with Crippen molar-refractivity contribution in [3.05, 3.63) is 35.9 Å². The number of carbonyl (C=O) groups excluding carboxylic acids is 1. The predicted molar refractivity (Wildman–Crippen MR) is 79.9 cm³/mol. The predicted octanol–water partition coefficient (Wildman–Crippen LogP) is 0.165. The van der Waals surface area contributed by atoms with Crippen LogP contribution in [0.15, 0.2) is 30.3 Å². The summed E-state index contributed by atoms with van der Waals surface area (Å²) in [4.78, 5) is 24.7. The molecule has 0 radical (unpaired) electrons. The lowest BCUT2D eigenvalue weighted by Crippen LogP contribution is -2.64. The molecule has 2 saturated heterocycles. The van der Waals surface area contributed by atoms with Crippen LogP contribution >= 0.6 is 0 Å². The lowest BCUT2D eigenvalue weighted by Gasteiger charge is -2.44. The summed E-state index contributed by atoms with van der Waals surface area (Å²) in [6.07, 6.45) is -1.29. The first-order chi connectivity index (χ1) is 10.6. The number of benzene rings is 1. The van der Waals surface area contributed by atoms with Gasteiger partial charge in [-0.05, 0) is 19.4 Å². The van der Waals surface area contributed by atoms with Crippen molar-refractivity contribution in [2.75, 3.05) is 0 Å². The minimum Gasteiger partial charge on any atom is -0.480 e. The Morgan fingerprint density at radius 3 is 2.35 bits per heavy atom. The number of aliphatic carboxylic acids is 1. The largest absolute Gasteiger partial charge is 0.480 e. The molecule has 124 valence electrons. The van der Waals surface area contributed by atoms with Crippen LogP contribution in [-0.4, -0.2) is 51.6 Å². The van der Waals surface area contributed by atoms with Crippen LogP contribution < -0.4 is 0 Å². The van der Waals surface area contributed by atoms with Crippen molar-refractivity contribution in [2.24, 2.45) is 5.92 Å². The Labute approximate surface area is 133 Å². The van der Waals surface area contributed by atoms with E-state index < -0.39 is 49.9 Å². The summed E-state index contributed by atoms with van der Waals surface area (Å²) in [5, 5.41) is 18.5. The van der Waals surface area contributed by atoms with E-state index in [-0.39, 0.29) is 0 Å². The smallest absolute Gasteiger partial charge is 0.328 e. The highest BCUT2D eigenvalue weighted by Gasteiger charge is 2.73. The van der Waals surface area contributed by atoms with Crippen molar-refractivity contribution in [1.29, 1.82) is 0 Å². The minimum atomic E-state index is -3.93. The summed E-state index contributed by atoms with van der Waals surface area (Å²) in [5.74, 6) is -3.18. The van der Waals surface area contributed by atoms with Crippen LogP contribution in [0.5, 0.6) is 0 Å². The van der Waals surface area contributed by atoms with E-state index in [4.69, 9.17) is 0 Å². The van der Waals surface area contributed by atoms with E-state index in [9.17, 15) is 28.2 Å². The van der Waals surface area contributed by atoms with Gasteiger partial charge in [0, 0.05) is 0 Å². The van der Waals surface area contributed by atoms with E-state index in [0.717, 1.165) is 4.90 Å².